The molecule has 1 aliphatic rings. The van der Waals surface area contributed by atoms with Crippen LogP contribution in [-0.2, 0) is 10.0 Å². The minimum atomic E-state index is -3.55. The van der Waals surface area contributed by atoms with E-state index in [1.165, 1.54) is 7.11 Å². The molecule has 1 aliphatic heterocycles. The normalized spacial score (nSPS) is 18.6. The van der Waals surface area contributed by atoms with E-state index in [2.05, 4.69) is 10.0 Å². The summed E-state index contributed by atoms with van der Waals surface area (Å²) in [5.74, 6) is 0.399. The van der Waals surface area contributed by atoms with Crippen LogP contribution in [0.15, 0.2) is 17.0 Å². The molecule has 1 atom stereocenters. The highest BCUT2D eigenvalue weighted by atomic mass is 35.5. The summed E-state index contributed by atoms with van der Waals surface area (Å²) >= 11 is 0. The van der Waals surface area contributed by atoms with Crippen molar-refractivity contribution in [3.63, 3.8) is 0 Å². The number of rotatable bonds is 4. The summed E-state index contributed by atoms with van der Waals surface area (Å²) < 4.78 is 32.9. The molecule has 0 radical (unpaired) electrons. The third kappa shape index (κ3) is 3.63. The fraction of sp³-hybridized carbons (Fsp3) is 0.538. The highest BCUT2D eigenvalue weighted by Crippen LogP contribution is 2.29. The second-order valence-electron chi connectivity index (χ2n) is 4.92. The Balaban J connectivity index is 0.00000200. The van der Waals surface area contributed by atoms with Crippen molar-refractivity contribution in [1.82, 2.24) is 10.0 Å². The maximum Gasteiger partial charge on any atom is 0.244 e. The molecule has 1 unspecified atom stereocenters. The van der Waals surface area contributed by atoms with Crippen LogP contribution in [-0.4, -0.2) is 34.7 Å². The second-order valence-corrected chi connectivity index (χ2v) is 6.58. The zero-order chi connectivity index (χ0) is 14.0. The lowest BCUT2D eigenvalue weighted by Crippen LogP contribution is -2.36. The zero-order valence-electron chi connectivity index (χ0n) is 11.9. The van der Waals surface area contributed by atoms with E-state index in [9.17, 15) is 8.42 Å². The molecule has 0 amide bonds. The Hall–Kier alpha value is -0.820. The van der Waals surface area contributed by atoms with Crippen molar-refractivity contribution in [2.75, 3.05) is 20.2 Å². The zero-order valence-corrected chi connectivity index (χ0v) is 13.5. The molecular formula is C13H21ClN2O3S. The fourth-order valence-electron chi connectivity index (χ4n) is 2.44. The Morgan fingerprint density at radius 3 is 2.60 bits per heavy atom. The van der Waals surface area contributed by atoms with E-state index in [1.54, 1.807) is 13.0 Å². The van der Waals surface area contributed by atoms with Crippen molar-refractivity contribution in [2.24, 2.45) is 0 Å². The molecule has 114 valence electrons. The number of methoxy groups -OCH3 is 1. The van der Waals surface area contributed by atoms with Gasteiger partial charge >= 0.3 is 0 Å². The average molecular weight is 321 g/mol. The van der Waals surface area contributed by atoms with Gasteiger partial charge in [-0.2, -0.15) is 0 Å². The molecule has 7 heteroatoms. The Morgan fingerprint density at radius 2 is 2.05 bits per heavy atom. The highest BCUT2D eigenvalue weighted by molar-refractivity contribution is 7.89. The van der Waals surface area contributed by atoms with Gasteiger partial charge in [0.1, 0.15) is 10.6 Å². The molecule has 0 saturated carbocycles. The van der Waals surface area contributed by atoms with Gasteiger partial charge in [0, 0.05) is 12.6 Å². The number of sulfonamides is 1. The molecule has 1 fully saturated rings. The van der Waals surface area contributed by atoms with Gasteiger partial charge < -0.3 is 10.1 Å². The number of nitrogens with one attached hydrogen (secondary N) is 2. The van der Waals surface area contributed by atoms with Crippen LogP contribution in [0.1, 0.15) is 17.5 Å². The lowest BCUT2D eigenvalue weighted by atomic mass is 10.1. The third-order valence-electron chi connectivity index (χ3n) is 3.26. The summed E-state index contributed by atoms with van der Waals surface area (Å²) in [7, 11) is -2.06. The van der Waals surface area contributed by atoms with Gasteiger partial charge in [-0.15, -0.1) is 12.4 Å². The topological polar surface area (TPSA) is 67.4 Å². The van der Waals surface area contributed by atoms with Crippen molar-refractivity contribution in [3.8, 4) is 5.75 Å². The van der Waals surface area contributed by atoms with Crippen LogP contribution in [0.2, 0.25) is 0 Å². The predicted octanol–water partition coefficient (Wildman–Crippen LogP) is 1.37. The van der Waals surface area contributed by atoms with Crippen LogP contribution < -0.4 is 14.8 Å². The van der Waals surface area contributed by atoms with Crippen molar-refractivity contribution in [3.05, 3.63) is 23.3 Å². The van der Waals surface area contributed by atoms with Crippen LogP contribution in [0.25, 0.3) is 0 Å². The van der Waals surface area contributed by atoms with Gasteiger partial charge in [-0.3, -0.25) is 0 Å². The van der Waals surface area contributed by atoms with E-state index in [1.807, 2.05) is 13.0 Å². The summed E-state index contributed by atoms with van der Waals surface area (Å²) in [5.41, 5.74) is 1.69. The number of aryl methyl sites for hydroxylation is 2. The van der Waals surface area contributed by atoms with Gasteiger partial charge in [0.15, 0.2) is 0 Å². The summed E-state index contributed by atoms with van der Waals surface area (Å²) in [6.07, 6.45) is 0.812. The molecule has 2 N–H and O–H groups in total. The number of hydrogen-bond donors (Lipinski definition) is 2. The Labute approximate surface area is 126 Å². The summed E-state index contributed by atoms with van der Waals surface area (Å²) in [5, 5.41) is 3.14. The molecule has 0 spiro atoms. The first-order valence-corrected chi connectivity index (χ1v) is 7.80. The quantitative estimate of drug-likeness (QED) is 0.879. The van der Waals surface area contributed by atoms with Crippen LogP contribution in [0.5, 0.6) is 5.75 Å². The Kier molecular flexibility index (Phi) is 5.82. The number of halogens is 1. The van der Waals surface area contributed by atoms with Gasteiger partial charge in [0.25, 0.3) is 0 Å². The summed E-state index contributed by atoms with van der Waals surface area (Å²) in [6, 6.07) is 3.55. The molecule has 1 saturated heterocycles. The van der Waals surface area contributed by atoms with E-state index in [4.69, 9.17) is 4.74 Å². The van der Waals surface area contributed by atoms with Gasteiger partial charge in [0.2, 0.25) is 10.0 Å². The van der Waals surface area contributed by atoms with Crippen LogP contribution >= 0.6 is 12.4 Å². The molecule has 1 aromatic rings. The SMILES string of the molecule is COc1cc(C)cc(C)c1S(=O)(=O)NC1CCNC1.Cl. The first kappa shape index (κ1) is 17.2. The van der Waals surface area contributed by atoms with E-state index >= 15 is 0 Å². The van der Waals surface area contributed by atoms with Crippen molar-refractivity contribution >= 4 is 22.4 Å². The highest BCUT2D eigenvalue weighted by Gasteiger charge is 2.27. The van der Waals surface area contributed by atoms with E-state index in [0.29, 0.717) is 17.9 Å². The molecular weight excluding hydrogens is 300 g/mol. The molecule has 0 aliphatic carbocycles. The molecule has 20 heavy (non-hydrogen) atoms. The lowest BCUT2D eigenvalue weighted by molar-refractivity contribution is 0.401. The maximum absolute atomic E-state index is 12.5. The smallest absolute Gasteiger partial charge is 0.244 e. The minimum Gasteiger partial charge on any atom is -0.495 e. The van der Waals surface area contributed by atoms with Crippen molar-refractivity contribution in [1.29, 1.82) is 0 Å². The number of hydrogen-bond acceptors (Lipinski definition) is 4. The molecule has 0 aromatic heterocycles. The largest absolute Gasteiger partial charge is 0.495 e. The van der Waals surface area contributed by atoms with Crippen LogP contribution in [0, 0.1) is 13.8 Å². The summed E-state index contributed by atoms with van der Waals surface area (Å²) in [4.78, 5) is 0.243. The van der Waals surface area contributed by atoms with Gasteiger partial charge in [-0.25, -0.2) is 13.1 Å². The molecule has 1 aromatic carbocycles. The summed E-state index contributed by atoms with van der Waals surface area (Å²) in [6.45, 7) is 5.22. The van der Waals surface area contributed by atoms with Gasteiger partial charge in [0.05, 0.1) is 7.11 Å². The third-order valence-corrected chi connectivity index (χ3v) is 4.96. The van der Waals surface area contributed by atoms with Gasteiger partial charge in [-0.1, -0.05) is 6.07 Å². The van der Waals surface area contributed by atoms with Crippen molar-refractivity contribution in [2.45, 2.75) is 31.2 Å². The minimum absolute atomic E-state index is 0. The Bertz CT molecular complexity index is 569. The molecule has 1 heterocycles. The first-order chi connectivity index (χ1) is 8.94. The average Bonchev–Trinajstić information content (AvgIpc) is 2.79. The van der Waals surface area contributed by atoms with Crippen molar-refractivity contribution < 1.29 is 13.2 Å². The molecule has 2 rings (SSSR count). The second kappa shape index (κ2) is 6.76. The monoisotopic (exact) mass is 320 g/mol. The van der Waals surface area contributed by atoms with E-state index in [0.717, 1.165) is 18.5 Å². The number of ether oxygens (including phenoxy) is 1. The maximum atomic E-state index is 12.5. The number of benzene rings is 1. The van der Waals surface area contributed by atoms with E-state index in [-0.39, 0.29) is 23.3 Å². The van der Waals surface area contributed by atoms with Gasteiger partial charge in [-0.05, 0) is 44.0 Å². The standard InChI is InChI=1S/C13H20N2O3S.ClH/c1-9-6-10(2)13(12(7-9)18-3)19(16,17)15-11-4-5-14-8-11;/h6-7,11,14-15H,4-5,8H2,1-3H3;1H. The van der Waals surface area contributed by atoms with Crippen LogP contribution in [0.4, 0.5) is 0 Å². The first-order valence-electron chi connectivity index (χ1n) is 6.32. The molecule has 0 bridgehead atoms. The van der Waals surface area contributed by atoms with Crippen LogP contribution in [0.3, 0.4) is 0 Å². The molecule has 5 nitrogen and oxygen atoms in total. The predicted molar refractivity (Wildman–Crippen MR) is 81.3 cm³/mol. The Morgan fingerprint density at radius 1 is 1.35 bits per heavy atom. The fourth-order valence-corrected chi connectivity index (χ4v) is 4.09. The van der Waals surface area contributed by atoms with E-state index < -0.39 is 10.0 Å². The lowest BCUT2D eigenvalue weighted by Gasteiger charge is -2.17.